The van der Waals surface area contributed by atoms with Crippen molar-refractivity contribution >= 4 is 16.7 Å². The second kappa shape index (κ2) is 11.4. The summed E-state index contributed by atoms with van der Waals surface area (Å²) in [6.07, 6.45) is 3.64. The van der Waals surface area contributed by atoms with Crippen molar-refractivity contribution in [3.05, 3.63) is 23.8 Å². The van der Waals surface area contributed by atoms with Crippen molar-refractivity contribution in [2.45, 2.75) is 19.3 Å². The number of hydrogen-bond donors (Lipinski definition) is 1. The molecule has 2 aliphatic rings. The fourth-order valence-electron chi connectivity index (χ4n) is 4.22. The molecule has 4 rings (SSSR count). The lowest BCUT2D eigenvalue weighted by atomic mass is 10.1. The van der Waals surface area contributed by atoms with Gasteiger partial charge in [-0.3, -0.25) is 4.90 Å². The summed E-state index contributed by atoms with van der Waals surface area (Å²) in [6.45, 7) is 8.33. The Kier molecular flexibility index (Phi) is 8.05. The first-order chi connectivity index (χ1) is 15.8. The van der Waals surface area contributed by atoms with Crippen LogP contribution < -0.4 is 14.8 Å². The zero-order chi connectivity index (χ0) is 22.2. The molecule has 2 aromatic rings. The lowest BCUT2D eigenvalue weighted by Crippen LogP contribution is -2.36. The van der Waals surface area contributed by atoms with Crippen LogP contribution in [-0.2, 0) is 4.74 Å². The highest BCUT2D eigenvalue weighted by Gasteiger charge is 2.14. The minimum atomic E-state index is 0.663. The topological polar surface area (TPSA) is 59.1 Å². The normalized spacial score (nSPS) is 17.2. The van der Waals surface area contributed by atoms with E-state index in [1.54, 1.807) is 7.11 Å². The molecule has 0 atom stereocenters. The number of morpholine rings is 1. The second-order valence-corrected chi connectivity index (χ2v) is 8.27. The first kappa shape index (κ1) is 22.7. The summed E-state index contributed by atoms with van der Waals surface area (Å²) in [5, 5.41) is 4.12. The van der Waals surface area contributed by atoms with Gasteiger partial charge in [0.1, 0.15) is 5.82 Å². The zero-order valence-corrected chi connectivity index (χ0v) is 19.3. The number of benzene rings is 1. The number of hydrogen-bond acceptors (Lipinski definition) is 7. The van der Waals surface area contributed by atoms with Crippen molar-refractivity contribution < 1.29 is 14.2 Å². The van der Waals surface area contributed by atoms with Crippen molar-refractivity contribution in [1.29, 1.82) is 0 Å². The standard InChI is InChI=1S/C25H34N4O3/c1-26-25-17-20(7-5-10-29-12-15-31-16-13-29)21-18-23(30-2)24(19-22(21)27-25)32-14-6-11-28-8-3-4-9-28/h17-19H,3-4,6,8-16H2,1-2H3,(H,26,27). The summed E-state index contributed by atoms with van der Waals surface area (Å²) in [6, 6.07) is 5.96. The number of pyridine rings is 1. The third kappa shape index (κ3) is 5.83. The van der Waals surface area contributed by atoms with Crippen molar-refractivity contribution in [2.24, 2.45) is 0 Å². The highest BCUT2D eigenvalue weighted by molar-refractivity contribution is 5.89. The molecule has 0 spiro atoms. The molecule has 3 heterocycles. The van der Waals surface area contributed by atoms with E-state index in [1.165, 1.54) is 25.9 Å². The molecule has 0 bridgehead atoms. The predicted octanol–water partition coefficient (Wildman–Crippen LogP) is 2.83. The van der Waals surface area contributed by atoms with Gasteiger partial charge in [0.15, 0.2) is 11.5 Å². The van der Waals surface area contributed by atoms with Gasteiger partial charge >= 0.3 is 0 Å². The highest BCUT2D eigenvalue weighted by Crippen LogP contribution is 2.34. The van der Waals surface area contributed by atoms with Gasteiger partial charge in [0.25, 0.3) is 0 Å². The largest absolute Gasteiger partial charge is 0.493 e. The average Bonchev–Trinajstić information content (AvgIpc) is 3.35. The number of nitrogens with zero attached hydrogens (tertiary/aromatic N) is 3. The smallest absolute Gasteiger partial charge is 0.163 e. The van der Waals surface area contributed by atoms with E-state index in [-0.39, 0.29) is 0 Å². The maximum atomic E-state index is 6.10. The Labute approximate surface area is 191 Å². The minimum Gasteiger partial charge on any atom is -0.493 e. The second-order valence-electron chi connectivity index (χ2n) is 8.27. The monoisotopic (exact) mass is 438 g/mol. The number of ether oxygens (including phenoxy) is 3. The molecule has 0 aliphatic carbocycles. The van der Waals surface area contributed by atoms with Gasteiger partial charge in [-0.2, -0.15) is 0 Å². The van der Waals surface area contributed by atoms with Crippen LogP contribution >= 0.6 is 0 Å². The molecule has 7 heteroatoms. The molecule has 2 aliphatic heterocycles. The van der Waals surface area contributed by atoms with Crippen molar-refractivity contribution in [3.8, 4) is 23.3 Å². The maximum absolute atomic E-state index is 6.10. The van der Waals surface area contributed by atoms with Crippen LogP contribution in [0.15, 0.2) is 18.2 Å². The molecule has 7 nitrogen and oxygen atoms in total. The van der Waals surface area contributed by atoms with Gasteiger partial charge < -0.3 is 24.4 Å². The van der Waals surface area contributed by atoms with Gasteiger partial charge in [-0.25, -0.2) is 4.98 Å². The Balaban J connectivity index is 1.51. The van der Waals surface area contributed by atoms with E-state index >= 15 is 0 Å². The van der Waals surface area contributed by atoms with Gasteiger partial charge in [0.2, 0.25) is 0 Å². The number of methoxy groups -OCH3 is 1. The van der Waals surface area contributed by atoms with Gasteiger partial charge in [-0.05, 0) is 44.5 Å². The van der Waals surface area contributed by atoms with Crippen LogP contribution in [0.2, 0.25) is 0 Å². The highest BCUT2D eigenvalue weighted by atomic mass is 16.5. The lowest BCUT2D eigenvalue weighted by Gasteiger charge is -2.24. The summed E-state index contributed by atoms with van der Waals surface area (Å²) in [7, 11) is 3.55. The molecule has 2 saturated heterocycles. The molecule has 172 valence electrons. The summed E-state index contributed by atoms with van der Waals surface area (Å²) < 4.78 is 17.2. The Bertz CT molecular complexity index is 957. The molecule has 1 aromatic heterocycles. The quantitative estimate of drug-likeness (QED) is 0.502. The number of nitrogens with one attached hydrogen (secondary N) is 1. The van der Waals surface area contributed by atoms with Crippen LogP contribution in [0.4, 0.5) is 5.82 Å². The van der Waals surface area contributed by atoms with E-state index in [4.69, 9.17) is 19.2 Å². The molecular formula is C25H34N4O3. The van der Waals surface area contributed by atoms with E-state index in [1.807, 2.05) is 25.2 Å². The maximum Gasteiger partial charge on any atom is 0.163 e. The number of rotatable bonds is 8. The summed E-state index contributed by atoms with van der Waals surface area (Å²) >= 11 is 0. The Morgan fingerprint density at radius 3 is 2.62 bits per heavy atom. The van der Waals surface area contributed by atoms with E-state index in [2.05, 4.69) is 27.0 Å². The van der Waals surface area contributed by atoms with Crippen LogP contribution in [0.5, 0.6) is 11.5 Å². The van der Waals surface area contributed by atoms with E-state index in [0.29, 0.717) is 12.4 Å². The molecule has 0 saturated carbocycles. The molecule has 0 radical (unpaired) electrons. The summed E-state index contributed by atoms with van der Waals surface area (Å²) in [4.78, 5) is 9.55. The molecule has 0 unspecified atom stereocenters. The Hall–Kier alpha value is -2.53. The third-order valence-corrected chi connectivity index (χ3v) is 6.05. The predicted molar refractivity (Wildman–Crippen MR) is 128 cm³/mol. The molecule has 32 heavy (non-hydrogen) atoms. The summed E-state index contributed by atoms with van der Waals surface area (Å²) in [5.74, 6) is 8.91. The van der Waals surface area contributed by atoms with Gasteiger partial charge in [-0.15, -0.1) is 0 Å². The van der Waals surface area contributed by atoms with E-state index in [0.717, 1.165) is 73.8 Å². The summed E-state index contributed by atoms with van der Waals surface area (Å²) in [5.41, 5.74) is 1.79. The van der Waals surface area contributed by atoms with Crippen molar-refractivity contribution in [1.82, 2.24) is 14.8 Å². The first-order valence-electron chi connectivity index (χ1n) is 11.6. The molecule has 1 aromatic carbocycles. The number of aromatic nitrogens is 1. The molecule has 0 amide bonds. The zero-order valence-electron chi connectivity index (χ0n) is 19.3. The van der Waals surface area contributed by atoms with E-state index in [9.17, 15) is 0 Å². The van der Waals surface area contributed by atoms with Crippen molar-refractivity contribution in [3.63, 3.8) is 0 Å². The minimum absolute atomic E-state index is 0.663. The number of anilines is 1. The average molecular weight is 439 g/mol. The van der Waals surface area contributed by atoms with Gasteiger partial charge in [0, 0.05) is 43.7 Å². The van der Waals surface area contributed by atoms with Gasteiger partial charge in [-0.1, -0.05) is 11.8 Å². The van der Waals surface area contributed by atoms with Crippen LogP contribution in [0, 0.1) is 11.8 Å². The third-order valence-electron chi connectivity index (χ3n) is 6.05. The van der Waals surface area contributed by atoms with Crippen LogP contribution in [-0.4, -0.2) is 88.0 Å². The van der Waals surface area contributed by atoms with Crippen LogP contribution in [0.3, 0.4) is 0 Å². The van der Waals surface area contributed by atoms with Gasteiger partial charge in [0.05, 0.1) is 39.0 Å². The Morgan fingerprint density at radius 2 is 1.88 bits per heavy atom. The lowest BCUT2D eigenvalue weighted by molar-refractivity contribution is 0.0443. The van der Waals surface area contributed by atoms with Crippen LogP contribution in [0.1, 0.15) is 24.8 Å². The molecule has 1 N–H and O–H groups in total. The first-order valence-corrected chi connectivity index (χ1v) is 11.6. The van der Waals surface area contributed by atoms with E-state index < -0.39 is 0 Å². The van der Waals surface area contributed by atoms with Crippen LogP contribution in [0.25, 0.3) is 10.9 Å². The fraction of sp³-hybridized carbons (Fsp3) is 0.560. The Morgan fingerprint density at radius 1 is 1.06 bits per heavy atom. The number of fused-ring (bicyclic) bond motifs is 1. The molecular weight excluding hydrogens is 404 g/mol. The SMILES string of the molecule is CNc1cc(C#CCN2CCOCC2)c2cc(OC)c(OCCCN3CCCC3)cc2n1. The van der Waals surface area contributed by atoms with Crippen molar-refractivity contribution in [2.75, 3.05) is 78.6 Å². The molecule has 2 fully saturated rings. The number of likely N-dealkylation sites (tertiary alicyclic amines) is 1. The fourth-order valence-corrected chi connectivity index (χ4v) is 4.22.